The van der Waals surface area contributed by atoms with Gasteiger partial charge in [-0.3, -0.25) is 0 Å². The van der Waals surface area contributed by atoms with Crippen molar-refractivity contribution in [3.8, 4) is 0 Å². The fraction of sp³-hybridized carbons (Fsp3) is 0.182. The zero-order valence-corrected chi connectivity index (χ0v) is 12.0. The summed E-state index contributed by atoms with van der Waals surface area (Å²) in [6.07, 6.45) is 0. The van der Waals surface area contributed by atoms with Crippen molar-refractivity contribution in [2.24, 2.45) is 0 Å². The first-order valence-electron chi connectivity index (χ1n) is 5.15. The highest BCUT2D eigenvalue weighted by molar-refractivity contribution is 9.10. The second-order valence-electron chi connectivity index (χ2n) is 3.72. The van der Waals surface area contributed by atoms with Gasteiger partial charge in [-0.2, -0.15) is 0 Å². The Morgan fingerprint density at radius 2 is 2.17 bits per heavy atom. The number of halogens is 1. The first-order chi connectivity index (χ1) is 8.47. The van der Waals surface area contributed by atoms with E-state index in [4.69, 9.17) is 4.52 Å². The molecule has 0 spiro atoms. The van der Waals surface area contributed by atoms with Crippen molar-refractivity contribution in [1.82, 2.24) is 9.88 Å². The number of nitrogens with one attached hydrogen (secondary N) is 1. The standard InChI is InChI=1S/C11H11BrN2O3S/c1-8-5-10(17-14-8)7-13-18(15,16)11-4-2-3-9(12)6-11/h2-6,13H,7H2,1H3. The maximum Gasteiger partial charge on any atom is 0.241 e. The highest BCUT2D eigenvalue weighted by Gasteiger charge is 2.14. The molecule has 2 aromatic rings. The molecule has 0 atom stereocenters. The highest BCUT2D eigenvalue weighted by atomic mass is 79.9. The summed E-state index contributed by atoms with van der Waals surface area (Å²) in [7, 11) is -3.54. The summed E-state index contributed by atoms with van der Waals surface area (Å²) in [4.78, 5) is 0.202. The zero-order chi connectivity index (χ0) is 13.2. The van der Waals surface area contributed by atoms with E-state index in [9.17, 15) is 8.42 Å². The zero-order valence-electron chi connectivity index (χ0n) is 9.55. The molecule has 0 aliphatic carbocycles. The van der Waals surface area contributed by atoms with Crippen molar-refractivity contribution in [2.45, 2.75) is 18.4 Å². The fourth-order valence-electron chi connectivity index (χ4n) is 1.38. The summed E-state index contributed by atoms with van der Waals surface area (Å²) in [6, 6.07) is 8.17. The van der Waals surface area contributed by atoms with E-state index in [0.29, 0.717) is 15.9 Å². The molecule has 0 aliphatic heterocycles. The van der Waals surface area contributed by atoms with Gasteiger partial charge in [0, 0.05) is 10.5 Å². The Kier molecular flexibility index (Phi) is 3.84. The van der Waals surface area contributed by atoms with Gasteiger partial charge in [0.25, 0.3) is 0 Å². The molecule has 1 aromatic heterocycles. The van der Waals surface area contributed by atoms with Crippen LogP contribution in [0.2, 0.25) is 0 Å². The lowest BCUT2D eigenvalue weighted by molar-refractivity contribution is 0.377. The van der Waals surface area contributed by atoms with E-state index in [-0.39, 0.29) is 11.4 Å². The van der Waals surface area contributed by atoms with Crippen molar-refractivity contribution >= 4 is 26.0 Å². The third-order valence-electron chi connectivity index (χ3n) is 2.22. The van der Waals surface area contributed by atoms with E-state index in [1.807, 2.05) is 0 Å². The molecule has 18 heavy (non-hydrogen) atoms. The Labute approximate surface area is 113 Å². The Hall–Kier alpha value is -1.18. The van der Waals surface area contributed by atoms with E-state index < -0.39 is 10.0 Å². The van der Waals surface area contributed by atoms with Gasteiger partial charge in [-0.15, -0.1) is 0 Å². The minimum absolute atomic E-state index is 0.0791. The Morgan fingerprint density at radius 3 is 2.78 bits per heavy atom. The predicted molar refractivity (Wildman–Crippen MR) is 69.4 cm³/mol. The number of sulfonamides is 1. The van der Waals surface area contributed by atoms with Crippen LogP contribution in [-0.4, -0.2) is 13.6 Å². The summed E-state index contributed by atoms with van der Waals surface area (Å²) in [5, 5.41) is 3.69. The smallest absolute Gasteiger partial charge is 0.241 e. The number of benzene rings is 1. The van der Waals surface area contributed by atoms with Crippen LogP contribution in [0.15, 0.2) is 44.2 Å². The molecule has 96 valence electrons. The fourth-order valence-corrected chi connectivity index (χ4v) is 2.97. The van der Waals surface area contributed by atoms with Crippen LogP contribution in [0.1, 0.15) is 11.5 Å². The van der Waals surface area contributed by atoms with Gasteiger partial charge in [-0.25, -0.2) is 13.1 Å². The number of hydrogen-bond acceptors (Lipinski definition) is 4. The van der Waals surface area contributed by atoms with Gasteiger partial charge in [0.2, 0.25) is 10.0 Å². The monoisotopic (exact) mass is 330 g/mol. The lowest BCUT2D eigenvalue weighted by Crippen LogP contribution is -2.22. The van der Waals surface area contributed by atoms with Crippen molar-refractivity contribution in [3.05, 3.63) is 46.3 Å². The lowest BCUT2D eigenvalue weighted by Gasteiger charge is -2.05. The molecule has 1 heterocycles. The summed E-state index contributed by atoms with van der Waals surface area (Å²) in [5.41, 5.74) is 0.714. The third kappa shape index (κ3) is 3.18. The maximum atomic E-state index is 12.0. The van der Waals surface area contributed by atoms with Gasteiger partial charge in [0.1, 0.15) is 0 Å². The Bertz CT molecular complexity index is 652. The average molecular weight is 331 g/mol. The third-order valence-corrected chi connectivity index (χ3v) is 4.11. The van der Waals surface area contributed by atoms with Gasteiger partial charge < -0.3 is 4.52 Å². The number of hydrogen-bond donors (Lipinski definition) is 1. The highest BCUT2D eigenvalue weighted by Crippen LogP contribution is 2.16. The minimum Gasteiger partial charge on any atom is -0.360 e. The van der Waals surface area contributed by atoms with E-state index >= 15 is 0 Å². The molecule has 5 nitrogen and oxygen atoms in total. The predicted octanol–water partition coefficient (Wildman–Crippen LogP) is 2.22. The molecule has 0 amide bonds. The van der Waals surface area contributed by atoms with E-state index in [1.165, 1.54) is 12.1 Å². The molecule has 1 N–H and O–H groups in total. The molecule has 2 rings (SSSR count). The van der Waals surface area contributed by atoms with Crippen LogP contribution in [0, 0.1) is 6.92 Å². The Balaban J connectivity index is 2.13. The van der Waals surface area contributed by atoms with Crippen LogP contribution in [0.4, 0.5) is 0 Å². The molecule has 0 aliphatic rings. The van der Waals surface area contributed by atoms with E-state index in [2.05, 4.69) is 25.8 Å². The molecule has 0 radical (unpaired) electrons. The quantitative estimate of drug-likeness (QED) is 0.932. The van der Waals surface area contributed by atoms with Crippen LogP contribution in [0.25, 0.3) is 0 Å². The van der Waals surface area contributed by atoms with E-state index in [1.54, 1.807) is 25.1 Å². The minimum atomic E-state index is -3.54. The van der Waals surface area contributed by atoms with Gasteiger partial charge in [-0.1, -0.05) is 27.2 Å². The van der Waals surface area contributed by atoms with Crippen LogP contribution < -0.4 is 4.72 Å². The largest absolute Gasteiger partial charge is 0.360 e. The molecule has 1 aromatic carbocycles. The van der Waals surface area contributed by atoms with Crippen LogP contribution >= 0.6 is 15.9 Å². The molecule has 0 saturated carbocycles. The Morgan fingerprint density at radius 1 is 1.39 bits per heavy atom. The lowest BCUT2D eigenvalue weighted by atomic mass is 10.4. The summed E-state index contributed by atoms with van der Waals surface area (Å²) in [6.45, 7) is 1.85. The number of nitrogens with zero attached hydrogens (tertiary/aromatic N) is 1. The molecule has 7 heteroatoms. The summed E-state index contributed by atoms with van der Waals surface area (Å²) >= 11 is 3.23. The van der Waals surface area contributed by atoms with Crippen LogP contribution in [0.3, 0.4) is 0 Å². The molecule has 0 saturated heterocycles. The van der Waals surface area contributed by atoms with Gasteiger partial charge in [-0.05, 0) is 25.1 Å². The first kappa shape index (κ1) is 13.3. The molecular weight excluding hydrogens is 320 g/mol. The average Bonchev–Trinajstić information content (AvgIpc) is 2.73. The molecule has 0 unspecified atom stereocenters. The van der Waals surface area contributed by atoms with Crippen LogP contribution in [-0.2, 0) is 16.6 Å². The van der Waals surface area contributed by atoms with Crippen molar-refractivity contribution in [1.29, 1.82) is 0 Å². The van der Waals surface area contributed by atoms with Crippen molar-refractivity contribution in [2.75, 3.05) is 0 Å². The van der Waals surface area contributed by atoms with Gasteiger partial charge in [0.15, 0.2) is 5.76 Å². The van der Waals surface area contributed by atoms with Crippen LogP contribution in [0.5, 0.6) is 0 Å². The summed E-state index contributed by atoms with van der Waals surface area (Å²) in [5.74, 6) is 0.478. The first-order valence-corrected chi connectivity index (χ1v) is 7.42. The molecule has 0 fully saturated rings. The second-order valence-corrected chi connectivity index (χ2v) is 6.40. The second kappa shape index (κ2) is 5.21. The van der Waals surface area contributed by atoms with Crippen molar-refractivity contribution < 1.29 is 12.9 Å². The van der Waals surface area contributed by atoms with Crippen molar-refractivity contribution in [3.63, 3.8) is 0 Å². The topological polar surface area (TPSA) is 72.2 Å². The van der Waals surface area contributed by atoms with Gasteiger partial charge in [0.05, 0.1) is 17.1 Å². The maximum absolute atomic E-state index is 12.0. The normalized spacial score (nSPS) is 11.7. The number of aromatic nitrogens is 1. The number of rotatable bonds is 4. The van der Waals surface area contributed by atoms with E-state index in [0.717, 1.165) is 0 Å². The summed E-state index contributed by atoms with van der Waals surface area (Å²) < 4.78 is 32.0. The molecule has 0 bridgehead atoms. The van der Waals surface area contributed by atoms with Gasteiger partial charge >= 0.3 is 0 Å². The SMILES string of the molecule is Cc1cc(CNS(=O)(=O)c2cccc(Br)c2)on1. The molecular formula is C11H11BrN2O3S. The number of aryl methyl sites for hydroxylation is 1.